The van der Waals surface area contributed by atoms with E-state index in [9.17, 15) is 5.11 Å². The fourth-order valence-electron chi connectivity index (χ4n) is 0.573. The molecule has 0 fully saturated rings. The highest BCUT2D eigenvalue weighted by Gasteiger charge is 1.95. The first-order valence-corrected chi connectivity index (χ1v) is 3.23. The van der Waals surface area contributed by atoms with Gasteiger partial charge in [0.2, 0.25) is 0 Å². The minimum Gasteiger partial charge on any atom is -0.337 e. The van der Waals surface area contributed by atoms with Crippen LogP contribution < -0.4 is 0 Å². The van der Waals surface area contributed by atoms with Crippen molar-refractivity contribution < 1.29 is 9.84 Å². The van der Waals surface area contributed by atoms with Crippen molar-refractivity contribution in [2.75, 3.05) is 26.6 Å². The van der Waals surface area contributed by atoms with Gasteiger partial charge in [-0.15, -0.1) is 0 Å². The molecule has 0 aromatic rings. The second-order valence-electron chi connectivity index (χ2n) is 1.75. The first-order valence-electron chi connectivity index (χ1n) is 3.23. The van der Waals surface area contributed by atoms with Crippen molar-refractivity contribution in [3.05, 3.63) is 0 Å². The van der Waals surface area contributed by atoms with Crippen LogP contribution in [0.15, 0.2) is 0 Å². The van der Waals surface area contributed by atoms with Gasteiger partial charge in [-0.2, -0.15) is 0 Å². The molecule has 9 heavy (non-hydrogen) atoms. The predicted molar refractivity (Wildman–Crippen MR) is 34.4 cm³/mol. The molecule has 0 amide bonds. The highest BCUT2D eigenvalue weighted by atomic mass is 16.6. The van der Waals surface area contributed by atoms with E-state index in [1.165, 1.54) is 0 Å². The van der Waals surface area contributed by atoms with Crippen LogP contribution in [0.2, 0.25) is 0 Å². The van der Waals surface area contributed by atoms with Gasteiger partial charge in [0, 0.05) is 0 Å². The third-order valence-electron chi connectivity index (χ3n) is 1.25. The van der Waals surface area contributed by atoms with Crippen LogP contribution in [-0.2, 0) is 9.84 Å². The second-order valence-corrected chi connectivity index (χ2v) is 1.75. The molecule has 0 bridgehead atoms. The SMILES string of the molecule is CCN(CC)COC[O]. The summed E-state index contributed by atoms with van der Waals surface area (Å²) in [5.41, 5.74) is 0. The average Bonchev–Trinajstić information content (AvgIpc) is 1.91. The van der Waals surface area contributed by atoms with E-state index in [0.29, 0.717) is 6.73 Å². The quantitative estimate of drug-likeness (QED) is 0.515. The predicted octanol–water partition coefficient (Wildman–Crippen LogP) is 0.690. The molecule has 0 atom stereocenters. The van der Waals surface area contributed by atoms with Crippen LogP contribution in [0.5, 0.6) is 0 Å². The molecular weight excluding hydrogens is 118 g/mol. The van der Waals surface area contributed by atoms with Crippen molar-refractivity contribution in [2.45, 2.75) is 13.8 Å². The summed E-state index contributed by atoms with van der Waals surface area (Å²) < 4.78 is 4.65. The monoisotopic (exact) mass is 132 g/mol. The van der Waals surface area contributed by atoms with E-state index in [4.69, 9.17) is 0 Å². The largest absolute Gasteiger partial charge is 0.337 e. The van der Waals surface area contributed by atoms with E-state index >= 15 is 0 Å². The first-order chi connectivity index (χ1) is 4.35. The molecule has 0 N–H and O–H groups in total. The average molecular weight is 132 g/mol. The van der Waals surface area contributed by atoms with Crippen molar-refractivity contribution in [1.29, 1.82) is 0 Å². The van der Waals surface area contributed by atoms with Crippen LogP contribution in [0, 0.1) is 0 Å². The van der Waals surface area contributed by atoms with E-state index in [-0.39, 0.29) is 0 Å². The number of nitrogens with zero attached hydrogens (tertiary/aromatic N) is 1. The molecule has 0 heterocycles. The summed E-state index contributed by atoms with van der Waals surface area (Å²) in [6.45, 7) is 6.00. The number of hydrogen-bond donors (Lipinski definition) is 0. The Morgan fingerprint density at radius 1 is 1.33 bits per heavy atom. The molecule has 0 aromatic carbocycles. The van der Waals surface area contributed by atoms with E-state index in [1.807, 2.05) is 18.7 Å². The van der Waals surface area contributed by atoms with Crippen molar-refractivity contribution in [3.8, 4) is 0 Å². The minimum absolute atomic E-state index is 0.434. The molecule has 0 spiro atoms. The van der Waals surface area contributed by atoms with Crippen molar-refractivity contribution in [2.24, 2.45) is 0 Å². The van der Waals surface area contributed by atoms with Gasteiger partial charge in [-0.25, -0.2) is 5.11 Å². The zero-order valence-electron chi connectivity index (χ0n) is 6.09. The Labute approximate surface area is 56.2 Å². The molecule has 0 rings (SSSR count). The zero-order chi connectivity index (χ0) is 7.11. The summed E-state index contributed by atoms with van der Waals surface area (Å²) in [5.74, 6) is 0. The molecule has 0 aliphatic carbocycles. The van der Waals surface area contributed by atoms with E-state index in [0.717, 1.165) is 13.1 Å². The fourth-order valence-corrected chi connectivity index (χ4v) is 0.573. The van der Waals surface area contributed by atoms with E-state index in [1.54, 1.807) is 0 Å². The molecule has 0 saturated heterocycles. The number of hydrogen-bond acceptors (Lipinski definition) is 2. The summed E-state index contributed by atoms with van der Waals surface area (Å²) >= 11 is 0. The summed E-state index contributed by atoms with van der Waals surface area (Å²) in [7, 11) is 0. The third kappa shape index (κ3) is 4.39. The van der Waals surface area contributed by atoms with Crippen LogP contribution >= 0.6 is 0 Å². The fraction of sp³-hybridized carbons (Fsp3) is 1.00. The molecule has 1 radical (unpaired) electrons. The molecule has 0 aliphatic rings. The normalized spacial score (nSPS) is 10.7. The van der Waals surface area contributed by atoms with Gasteiger partial charge < -0.3 is 4.74 Å². The number of ether oxygens (including phenoxy) is 1. The molecule has 0 saturated carbocycles. The van der Waals surface area contributed by atoms with Crippen LogP contribution in [0.25, 0.3) is 0 Å². The molecule has 3 nitrogen and oxygen atoms in total. The van der Waals surface area contributed by atoms with Gasteiger partial charge in [0.05, 0.1) is 0 Å². The van der Waals surface area contributed by atoms with Crippen LogP contribution in [0.3, 0.4) is 0 Å². The van der Waals surface area contributed by atoms with Crippen molar-refractivity contribution in [3.63, 3.8) is 0 Å². The van der Waals surface area contributed by atoms with Crippen LogP contribution in [0.1, 0.15) is 13.8 Å². The Morgan fingerprint density at radius 2 is 1.89 bits per heavy atom. The lowest BCUT2D eigenvalue weighted by molar-refractivity contribution is -0.0823. The van der Waals surface area contributed by atoms with Gasteiger partial charge in [0.1, 0.15) is 6.73 Å². The smallest absolute Gasteiger partial charge is 0.182 e. The highest BCUT2D eigenvalue weighted by molar-refractivity contribution is 4.41. The number of rotatable bonds is 5. The molecule has 3 heteroatoms. The maximum absolute atomic E-state index is 9.82. The Kier molecular flexibility index (Phi) is 5.93. The van der Waals surface area contributed by atoms with Gasteiger partial charge in [0.15, 0.2) is 6.79 Å². The Bertz CT molecular complexity index is 55.0. The second kappa shape index (κ2) is 6.01. The van der Waals surface area contributed by atoms with Crippen LogP contribution in [-0.4, -0.2) is 31.5 Å². The molecular formula is C6H14NO2. The first kappa shape index (κ1) is 8.88. The Balaban J connectivity index is 3.09. The lowest BCUT2D eigenvalue weighted by atomic mass is 10.6. The topological polar surface area (TPSA) is 32.4 Å². The lowest BCUT2D eigenvalue weighted by Gasteiger charge is -2.15. The maximum Gasteiger partial charge on any atom is 0.182 e. The maximum atomic E-state index is 9.82. The van der Waals surface area contributed by atoms with Gasteiger partial charge >= 0.3 is 0 Å². The molecule has 0 aliphatic heterocycles. The summed E-state index contributed by atoms with van der Waals surface area (Å²) in [5, 5.41) is 9.82. The van der Waals surface area contributed by atoms with Gasteiger partial charge in [0.25, 0.3) is 0 Å². The van der Waals surface area contributed by atoms with Crippen molar-refractivity contribution in [1.82, 2.24) is 4.90 Å². The lowest BCUT2D eigenvalue weighted by Crippen LogP contribution is -2.25. The molecule has 0 aromatic heterocycles. The summed E-state index contributed by atoms with van der Waals surface area (Å²) in [6.07, 6.45) is 0. The Hall–Kier alpha value is -0.120. The molecule has 0 unspecified atom stereocenters. The third-order valence-corrected chi connectivity index (χ3v) is 1.25. The van der Waals surface area contributed by atoms with E-state index < -0.39 is 6.79 Å². The Morgan fingerprint density at radius 3 is 2.22 bits per heavy atom. The van der Waals surface area contributed by atoms with Gasteiger partial charge in [-0.3, -0.25) is 4.90 Å². The summed E-state index contributed by atoms with van der Waals surface area (Å²) in [6, 6.07) is 0. The van der Waals surface area contributed by atoms with Crippen LogP contribution in [0.4, 0.5) is 0 Å². The van der Waals surface area contributed by atoms with Gasteiger partial charge in [-0.05, 0) is 13.1 Å². The minimum atomic E-state index is -0.434. The standard InChI is InChI=1S/C6H14NO2/c1-3-7(4-2)5-9-6-8/h3-6H2,1-2H3. The highest BCUT2D eigenvalue weighted by Crippen LogP contribution is 1.85. The van der Waals surface area contributed by atoms with E-state index in [2.05, 4.69) is 4.74 Å². The molecule has 55 valence electrons. The van der Waals surface area contributed by atoms with Gasteiger partial charge in [-0.1, -0.05) is 13.8 Å². The van der Waals surface area contributed by atoms with Crippen molar-refractivity contribution >= 4 is 0 Å². The zero-order valence-corrected chi connectivity index (χ0v) is 6.09. The summed E-state index contributed by atoms with van der Waals surface area (Å²) in [4.78, 5) is 2.04.